The number of nitro benzene ring substituents is 2. The van der Waals surface area contributed by atoms with Crippen molar-refractivity contribution in [3.8, 4) is 11.5 Å². The van der Waals surface area contributed by atoms with E-state index >= 15 is 0 Å². The monoisotopic (exact) mass is 536 g/mol. The van der Waals surface area contributed by atoms with Crippen LogP contribution in [0.1, 0.15) is 20.8 Å². The first kappa shape index (κ1) is 28.9. The summed E-state index contributed by atoms with van der Waals surface area (Å²) < 4.78 is 11.3. The molecular weight excluding hydrogens is 512 g/mol. The van der Waals surface area contributed by atoms with Gasteiger partial charge in [0.1, 0.15) is 18.0 Å². The van der Waals surface area contributed by atoms with E-state index in [-0.39, 0.29) is 46.7 Å². The first-order valence-electron chi connectivity index (χ1n) is 10.6. The van der Waals surface area contributed by atoms with Crippen LogP contribution in [0.3, 0.4) is 0 Å². The molecule has 0 aliphatic carbocycles. The minimum Gasteiger partial charge on any atom is -0.493 e. The normalized spacial score (nSPS) is 11.6. The van der Waals surface area contributed by atoms with Crippen molar-refractivity contribution in [3.05, 3.63) is 55.6 Å². The zero-order valence-corrected chi connectivity index (χ0v) is 21.2. The van der Waals surface area contributed by atoms with E-state index in [0.29, 0.717) is 11.6 Å². The Morgan fingerprint density at radius 2 is 1.86 bits per heavy atom. The van der Waals surface area contributed by atoms with Crippen molar-refractivity contribution in [1.82, 2.24) is 0 Å². The quantitative estimate of drug-likeness (QED) is 0.140. The van der Waals surface area contributed by atoms with Gasteiger partial charge in [0.2, 0.25) is 5.91 Å². The van der Waals surface area contributed by atoms with Crippen molar-refractivity contribution in [3.63, 3.8) is 0 Å². The van der Waals surface area contributed by atoms with E-state index in [1.54, 1.807) is 6.92 Å². The van der Waals surface area contributed by atoms with Gasteiger partial charge < -0.3 is 25.2 Å². The van der Waals surface area contributed by atoms with Gasteiger partial charge in [-0.25, -0.2) is 0 Å². The number of nitrogens with one attached hydrogen (secondary N) is 2. The molecule has 0 bridgehead atoms. The van der Waals surface area contributed by atoms with E-state index in [1.165, 1.54) is 27.0 Å². The van der Waals surface area contributed by atoms with Crippen LogP contribution in [0.5, 0.6) is 11.5 Å². The molecule has 0 saturated carbocycles. The molecule has 3 N–H and O–H groups in total. The molecule has 0 radical (unpaired) electrons. The third-order valence-corrected chi connectivity index (χ3v) is 4.76. The topological polar surface area (TPSA) is 191 Å². The van der Waals surface area contributed by atoms with Crippen molar-refractivity contribution in [1.29, 1.82) is 0 Å². The summed E-state index contributed by atoms with van der Waals surface area (Å²) in [7, 11) is 1.36. The Bertz CT molecular complexity index is 1260. The van der Waals surface area contributed by atoms with Crippen LogP contribution in [-0.4, -0.2) is 47.2 Å². The second-order valence-corrected chi connectivity index (χ2v) is 8.25. The average Bonchev–Trinajstić information content (AvgIpc) is 2.80. The summed E-state index contributed by atoms with van der Waals surface area (Å²) >= 11 is 6.06. The Morgan fingerprint density at radius 3 is 2.38 bits per heavy atom. The van der Waals surface area contributed by atoms with E-state index in [9.17, 15) is 30.1 Å². The summed E-state index contributed by atoms with van der Waals surface area (Å²) in [5, 5.41) is 45.5. The van der Waals surface area contributed by atoms with Gasteiger partial charge in [-0.3, -0.25) is 25.0 Å². The smallest absolute Gasteiger partial charge is 0.305 e. The molecule has 1 unspecified atom stereocenters. The molecule has 2 aromatic carbocycles. The molecule has 0 heterocycles. The van der Waals surface area contributed by atoms with E-state index in [2.05, 4.69) is 27.4 Å². The highest BCUT2D eigenvalue weighted by Gasteiger charge is 2.25. The van der Waals surface area contributed by atoms with Crippen LogP contribution < -0.4 is 20.1 Å². The van der Waals surface area contributed by atoms with Crippen LogP contribution in [0, 0.1) is 20.2 Å². The standard InChI is InChI=1S/C22H25ClN6O8/c1-11(2)10-37-22-18(36-5)8-16(20(25-13(4)31)21(22)24-9-12(3)30)26-27-19-15(23)6-14(28(32)33)7-17(19)29(34)35/h6-8,12,24,30H,1,9-10H2,2-5H3,(H,25,31). The number of hydrogen-bond acceptors (Lipinski definition) is 11. The molecule has 2 aromatic rings. The number of rotatable bonds is 12. The number of amides is 1. The van der Waals surface area contributed by atoms with Crippen LogP contribution in [0.15, 0.2) is 40.6 Å². The number of methoxy groups -OCH3 is 1. The van der Waals surface area contributed by atoms with Crippen LogP contribution in [0.4, 0.5) is 34.1 Å². The van der Waals surface area contributed by atoms with E-state index in [4.69, 9.17) is 21.1 Å². The molecule has 0 aromatic heterocycles. The molecule has 37 heavy (non-hydrogen) atoms. The van der Waals surface area contributed by atoms with Gasteiger partial charge in [-0.1, -0.05) is 18.2 Å². The highest BCUT2D eigenvalue weighted by atomic mass is 35.5. The average molecular weight is 537 g/mol. The Labute approximate surface area is 216 Å². The number of benzene rings is 2. The summed E-state index contributed by atoms with van der Waals surface area (Å²) in [5.41, 5.74) is -0.860. The number of carbonyl (C=O) groups excluding carboxylic acids is 1. The number of azo groups is 1. The molecule has 0 saturated heterocycles. The molecule has 1 amide bonds. The lowest BCUT2D eigenvalue weighted by atomic mass is 10.1. The molecule has 198 valence electrons. The Hall–Kier alpha value is -4.30. The van der Waals surface area contributed by atoms with Gasteiger partial charge in [0.05, 0.1) is 39.8 Å². The van der Waals surface area contributed by atoms with Gasteiger partial charge in [-0.2, -0.15) is 0 Å². The molecule has 0 aliphatic heterocycles. The minimum absolute atomic E-state index is 0.0217. The lowest BCUT2D eigenvalue weighted by Crippen LogP contribution is -2.18. The molecule has 0 spiro atoms. The second kappa shape index (κ2) is 12.6. The molecule has 0 aliphatic rings. The Balaban J connectivity index is 2.79. The third-order valence-electron chi connectivity index (χ3n) is 4.48. The van der Waals surface area contributed by atoms with E-state index < -0.39 is 38.9 Å². The predicted octanol–water partition coefficient (Wildman–Crippen LogP) is 5.29. The van der Waals surface area contributed by atoms with Gasteiger partial charge >= 0.3 is 5.69 Å². The van der Waals surface area contributed by atoms with Crippen molar-refractivity contribution in [2.75, 3.05) is 30.9 Å². The highest BCUT2D eigenvalue weighted by Crippen LogP contribution is 2.48. The van der Waals surface area contributed by atoms with Crippen LogP contribution in [-0.2, 0) is 4.79 Å². The fourth-order valence-electron chi connectivity index (χ4n) is 2.93. The molecule has 0 fully saturated rings. The van der Waals surface area contributed by atoms with Crippen molar-refractivity contribution in [2.24, 2.45) is 10.2 Å². The number of nitro groups is 2. The fraction of sp³-hybridized carbons (Fsp3) is 0.318. The SMILES string of the molecule is C=C(C)COc1c(OC)cc(N=Nc2c(Cl)cc([N+](=O)[O-])cc2[N+](=O)[O-])c(NC(C)=O)c1NCC(C)O. The molecule has 15 heteroatoms. The van der Waals surface area contributed by atoms with Gasteiger partial charge in [0.15, 0.2) is 17.2 Å². The second-order valence-electron chi connectivity index (χ2n) is 7.84. The first-order chi connectivity index (χ1) is 17.3. The number of ether oxygens (including phenoxy) is 2. The summed E-state index contributed by atoms with van der Waals surface area (Å²) in [6.45, 7) is 8.46. The number of carbonyl (C=O) groups is 1. The van der Waals surface area contributed by atoms with Gasteiger partial charge in [0.25, 0.3) is 5.69 Å². The molecular formula is C22H25ClN6O8. The number of hydrogen-bond donors (Lipinski definition) is 3. The maximum Gasteiger partial charge on any atom is 0.305 e. The van der Waals surface area contributed by atoms with Crippen molar-refractivity contribution in [2.45, 2.75) is 26.9 Å². The van der Waals surface area contributed by atoms with Crippen molar-refractivity contribution >= 4 is 51.6 Å². The predicted molar refractivity (Wildman–Crippen MR) is 137 cm³/mol. The number of nitrogens with zero attached hydrogens (tertiary/aromatic N) is 4. The summed E-state index contributed by atoms with van der Waals surface area (Å²) in [6.07, 6.45) is -0.794. The number of aliphatic hydroxyl groups is 1. The fourth-order valence-corrected chi connectivity index (χ4v) is 3.18. The number of halogens is 1. The van der Waals surface area contributed by atoms with Crippen LogP contribution in [0.2, 0.25) is 5.02 Å². The van der Waals surface area contributed by atoms with Gasteiger partial charge in [0, 0.05) is 25.6 Å². The van der Waals surface area contributed by atoms with E-state index in [1.807, 2.05) is 0 Å². The zero-order valence-electron chi connectivity index (χ0n) is 20.4. The van der Waals surface area contributed by atoms with Gasteiger partial charge in [-0.15, -0.1) is 10.2 Å². The maximum atomic E-state index is 12.0. The Kier molecular flexibility index (Phi) is 9.85. The number of anilines is 2. The molecule has 1 atom stereocenters. The van der Waals surface area contributed by atoms with E-state index in [0.717, 1.165) is 6.07 Å². The zero-order chi connectivity index (χ0) is 27.9. The lowest BCUT2D eigenvalue weighted by Gasteiger charge is -2.22. The highest BCUT2D eigenvalue weighted by molar-refractivity contribution is 6.33. The third kappa shape index (κ3) is 7.59. The Morgan fingerprint density at radius 1 is 1.19 bits per heavy atom. The van der Waals surface area contributed by atoms with Crippen LogP contribution >= 0.6 is 11.6 Å². The van der Waals surface area contributed by atoms with Crippen LogP contribution in [0.25, 0.3) is 0 Å². The molecule has 14 nitrogen and oxygen atoms in total. The summed E-state index contributed by atoms with van der Waals surface area (Å²) in [6, 6.07) is 2.98. The maximum absolute atomic E-state index is 12.0. The van der Waals surface area contributed by atoms with Crippen molar-refractivity contribution < 1.29 is 29.2 Å². The molecule has 2 rings (SSSR count). The lowest BCUT2D eigenvalue weighted by molar-refractivity contribution is -0.393. The first-order valence-corrected chi connectivity index (χ1v) is 11.0. The van der Waals surface area contributed by atoms with Gasteiger partial charge in [-0.05, 0) is 19.4 Å². The largest absolute Gasteiger partial charge is 0.493 e. The summed E-state index contributed by atoms with van der Waals surface area (Å²) in [4.78, 5) is 32.9. The minimum atomic E-state index is -0.882. The summed E-state index contributed by atoms with van der Waals surface area (Å²) in [5.74, 6) is -0.165. The number of non-ortho nitro benzene ring substituents is 1. The number of aliphatic hydroxyl groups excluding tert-OH is 1.